The average molecular weight is 419 g/mol. The highest BCUT2D eigenvalue weighted by Gasteiger charge is 2.17. The second-order valence-electron chi connectivity index (χ2n) is 4.37. The van der Waals surface area contributed by atoms with E-state index in [0.717, 1.165) is 17.8 Å². The Bertz CT molecular complexity index is 618. The molecule has 1 atom stereocenters. The van der Waals surface area contributed by atoms with Gasteiger partial charge in [0, 0.05) is 5.69 Å². The Morgan fingerprint density at radius 1 is 1.09 bits per heavy atom. The fraction of sp³-hybridized carbons (Fsp3) is 0.133. The lowest BCUT2D eigenvalue weighted by Crippen LogP contribution is -2.23. The molecule has 0 saturated carbocycles. The highest BCUT2D eigenvalue weighted by molar-refractivity contribution is 14.0. The lowest BCUT2D eigenvalue weighted by Gasteiger charge is -2.11. The molecular weight excluding hydrogens is 403 g/mol. The number of aliphatic imine (C=N–C) groups is 1. The maximum atomic E-state index is 13.5. The second-order valence-corrected chi connectivity index (χ2v) is 4.37. The number of rotatable bonds is 4. The van der Waals surface area contributed by atoms with Crippen molar-refractivity contribution in [3.05, 3.63) is 65.7 Å². The van der Waals surface area contributed by atoms with Crippen molar-refractivity contribution < 1.29 is 13.9 Å². The molecule has 4 N–H and O–H groups in total. The summed E-state index contributed by atoms with van der Waals surface area (Å²) in [4.78, 5) is 3.88. The van der Waals surface area contributed by atoms with Crippen molar-refractivity contribution in [1.29, 1.82) is 0 Å². The molecule has 1 unspecified atom stereocenters. The van der Waals surface area contributed by atoms with Crippen LogP contribution >= 0.6 is 24.0 Å². The van der Waals surface area contributed by atoms with Crippen LogP contribution in [-0.2, 0) is 0 Å². The molecule has 0 fully saturated rings. The molecule has 7 heteroatoms. The first kappa shape index (κ1) is 18.3. The summed E-state index contributed by atoms with van der Waals surface area (Å²) in [6.45, 7) is -0.247. The molecule has 2 aromatic rings. The first-order valence-electron chi connectivity index (χ1n) is 6.32. The van der Waals surface area contributed by atoms with Crippen LogP contribution in [-0.4, -0.2) is 17.6 Å². The number of halogens is 3. The van der Waals surface area contributed by atoms with E-state index in [4.69, 9.17) is 5.73 Å². The third-order valence-electron chi connectivity index (χ3n) is 2.81. The Morgan fingerprint density at radius 3 is 2.27 bits per heavy atom. The summed E-state index contributed by atoms with van der Waals surface area (Å²) < 4.78 is 27.0. The van der Waals surface area contributed by atoms with Gasteiger partial charge in [-0.25, -0.2) is 8.78 Å². The third kappa shape index (κ3) is 4.92. The molecule has 0 bridgehead atoms. The number of anilines is 1. The molecule has 2 rings (SSSR count). The van der Waals surface area contributed by atoms with E-state index >= 15 is 0 Å². The molecule has 0 amide bonds. The number of guanidine groups is 1. The minimum atomic E-state index is -1.40. The molecule has 0 heterocycles. The minimum absolute atomic E-state index is 0. The fourth-order valence-corrected chi connectivity index (χ4v) is 1.81. The molecule has 2 aromatic carbocycles. The molecule has 0 saturated heterocycles. The Kier molecular flexibility index (Phi) is 7.19. The number of nitrogens with two attached hydrogens (primary N) is 1. The van der Waals surface area contributed by atoms with Crippen molar-refractivity contribution in [2.45, 2.75) is 6.10 Å². The summed E-state index contributed by atoms with van der Waals surface area (Å²) >= 11 is 0. The van der Waals surface area contributed by atoms with E-state index in [-0.39, 0.29) is 36.5 Å². The van der Waals surface area contributed by atoms with Crippen molar-refractivity contribution in [2.75, 3.05) is 11.9 Å². The van der Waals surface area contributed by atoms with Crippen molar-refractivity contribution in [1.82, 2.24) is 0 Å². The largest absolute Gasteiger partial charge is 0.386 e. The van der Waals surface area contributed by atoms with Crippen LogP contribution in [0.4, 0.5) is 14.5 Å². The van der Waals surface area contributed by atoms with Crippen LogP contribution in [0.5, 0.6) is 0 Å². The van der Waals surface area contributed by atoms with Crippen LogP contribution in [0.2, 0.25) is 0 Å². The summed E-state index contributed by atoms with van der Waals surface area (Å²) in [5, 5.41) is 12.6. The normalized spacial score (nSPS) is 12.4. The highest BCUT2D eigenvalue weighted by Crippen LogP contribution is 2.20. The average Bonchev–Trinajstić information content (AvgIpc) is 2.46. The van der Waals surface area contributed by atoms with Gasteiger partial charge in [-0.15, -0.1) is 24.0 Å². The first-order valence-corrected chi connectivity index (χ1v) is 6.32. The molecular formula is C15H16F2IN3O. The number of benzene rings is 2. The van der Waals surface area contributed by atoms with Gasteiger partial charge >= 0.3 is 0 Å². The Balaban J connectivity index is 0.00000242. The van der Waals surface area contributed by atoms with Gasteiger partial charge in [0.1, 0.15) is 17.7 Å². The van der Waals surface area contributed by atoms with E-state index in [1.54, 1.807) is 12.1 Å². The van der Waals surface area contributed by atoms with Gasteiger partial charge < -0.3 is 16.2 Å². The zero-order chi connectivity index (χ0) is 15.2. The number of hydrogen-bond acceptors (Lipinski definition) is 2. The zero-order valence-corrected chi connectivity index (χ0v) is 13.9. The van der Waals surface area contributed by atoms with E-state index in [1.807, 2.05) is 18.2 Å². The van der Waals surface area contributed by atoms with Crippen LogP contribution in [0.1, 0.15) is 11.7 Å². The molecule has 22 heavy (non-hydrogen) atoms. The number of nitrogens with one attached hydrogen (secondary N) is 1. The Morgan fingerprint density at radius 2 is 1.68 bits per heavy atom. The summed E-state index contributed by atoms with van der Waals surface area (Å²) in [5.74, 6) is -1.57. The summed E-state index contributed by atoms with van der Waals surface area (Å²) in [7, 11) is 0. The van der Waals surface area contributed by atoms with Crippen molar-refractivity contribution in [2.24, 2.45) is 10.7 Å². The lowest BCUT2D eigenvalue weighted by molar-refractivity contribution is 0.177. The smallest absolute Gasteiger partial charge is 0.193 e. The van der Waals surface area contributed by atoms with E-state index in [9.17, 15) is 13.9 Å². The second kappa shape index (κ2) is 8.64. The maximum Gasteiger partial charge on any atom is 0.193 e. The van der Waals surface area contributed by atoms with E-state index in [2.05, 4.69) is 10.3 Å². The summed E-state index contributed by atoms with van der Waals surface area (Å²) in [5.41, 5.74) is 5.97. The van der Waals surface area contributed by atoms with Gasteiger partial charge in [-0.1, -0.05) is 24.3 Å². The molecule has 0 aliphatic carbocycles. The minimum Gasteiger partial charge on any atom is -0.386 e. The van der Waals surface area contributed by atoms with Gasteiger partial charge in [-0.3, -0.25) is 4.99 Å². The van der Waals surface area contributed by atoms with Gasteiger partial charge in [0.25, 0.3) is 0 Å². The van der Waals surface area contributed by atoms with E-state index in [1.165, 1.54) is 6.07 Å². The molecule has 0 aliphatic heterocycles. The fourth-order valence-electron chi connectivity index (χ4n) is 1.81. The van der Waals surface area contributed by atoms with Gasteiger partial charge in [-0.2, -0.15) is 0 Å². The monoisotopic (exact) mass is 419 g/mol. The quantitative estimate of drug-likeness (QED) is 0.406. The molecule has 0 aromatic heterocycles. The first-order chi connectivity index (χ1) is 10.1. The molecule has 118 valence electrons. The van der Waals surface area contributed by atoms with Crippen LogP contribution in [0.25, 0.3) is 0 Å². The number of para-hydroxylation sites is 1. The molecule has 0 spiro atoms. The lowest BCUT2D eigenvalue weighted by atomic mass is 10.1. The SMILES string of the molecule is I.NC(=NCC(O)c1c(F)cccc1F)Nc1ccccc1. The van der Waals surface area contributed by atoms with Crippen molar-refractivity contribution in [3.63, 3.8) is 0 Å². The standard InChI is InChI=1S/C15H15F2N3O.HI/c16-11-7-4-8-12(17)14(11)13(21)9-19-15(18)20-10-5-2-1-3-6-10;/h1-8,13,21H,9H2,(H3,18,19,20);1H. The third-order valence-corrected chi connectivity index (χ3v) is 2.81. The number of aliphatic hydroxyl groups excluding tert-OH is 1. The number of aliphatic hydroxyl groups is 1. The number of nitrogens with zero attached hydrogens (tertiary/aromatic N) is 1. The number of hydrogen-bond donors (Lipinski definition) is 3. The van der Waals surface area contributed by atoms with Crippen LogP contribution in [0, 0.1) is 11.6 Å². The van der Waals surface area contributed by atoms with Crippen LogP contribution < -0.4 is 11.1 Å². The molecule has 4 nitrogen and oxygen atoms in total. The van der Waals surface area contributed by atoms with Gasteiger partial charge in [0.15, 0.2) is 5.96 Å². The highest BCUT2D eigenvalue weighted by atomic mass is 127. The summed E-state index contributed by atoms with van der Waals surface area (Å²) in [6.07, 6.45) is -1.40. The zero-order valence-electron chi connectivity index (χ0n) is 11.5. The van der Waals surface area contributed by atoms with Crippen molar-refractivity contribution >= 4 is 35.6 Å². The maximum absolute atomic E-state index is 13.5. The van der Waals surface area contributed by atoms with Crippen LogP contribution in [0.15, 0.2) is 53.5 Å². The van der Waals surface area contributed by atoms with Crippen LogP contribution in [0.3, 0.4) is 0 Å². The topological polar surface area (TPSA) is 70.6 Å². The Hall–Kier alpha value is -1.74. The van der Waals surface area contributed by atoms with Crippen molar-refractivity contribution in [3.8, 4) is 0 Å². The predicted molar refractivity (Wildman–Crippen MR) is 93.3 cm³/mol. The van der Waals surface area contributed by atoms with Gasteiger partial charge in [0.2, 0.25) is 0 Å². The Labute approximate surface area is 144 Å². The molecule has 0 radical (unpaired) electrons. The predicted octanol–water partition coefficient (Wildman–Crippen LogP) is 3.04. The summed E-state index contributed by atoms with van der Waals surface area (Å²) in [6, 6.07) is 12.5. The van der Waals surface area contributed by atoms with Gasteiger partial charge in [-0.05, 0) is 24.3 Å². The van der Waals surface area contributed by atoms with E-state index < -0.39 is 23.3 Å². The van der Waals surface area contributed by atoms with Gasteiger partial charge in [0.05, 0.1) is 12.1 Å². The molecule has 0 aliphatic rings. The van der Waals surface area contributed by atoms with E-state index in [0.29, 0.717) is 0 Å².